The number of rotatable bonds is 4. The van der Waals surface area contributed by atoms with E-state index in [9.17, 15) is 8.42 Å². The summed E-state index contributed by atoms with van der Waals surface area (Å²) < 4.78 is 38.9. The van der Waals surface area contributed by atoms with Gasteiger partial charge in [-0.25, -0.2) is 8.42 Å². The Bertz CT molecular complexity index is 709. The third kappa shape index (κ3) is 3.05. The van der Waals surface area contributed by atoms with Crippen LogP contribution in [0.25, 0.3) is 0 Å². The van der Waals surface area contributed by atoms with Crippen LogP contribution in [0.2, 0.25) is 5.02 Å². The zero-order valence-corrected chi connectivity index (χ0v) is 15.7. The van der Waals surface area contributed by atoms with Crippen LogP contribution in [-0.2, 0) is 14.8 Å². The van der Waals surface area contributed by atoms with Gasteiger partial charge < -0.3 is 9.47 Å². The van der Waals surface area contributed by atoms with Crippen molar-refractivity contribution in [3.05, 3.63) is 23.2 Å². The molecule has 0 N–H and O–H groups in total. The molecule has 3 rings (SSSR count). The fourth-order valence-electron chi connectivity index (χ4n) is 4.25. The molecule has 1 heterocycles. The highest BCUT2D eigenvalue weighted by molar-refractivity contribution is 7.89. The van der Waals surface area contributed by atoms with Gasteiger partial charge in [0.15, 0.2) is 0 Å². The van der Waals surface area contributed by atoms with Crippen LogP contribution < -0.4 is 4.74 Å². The topological polar surface area (TPSA) is 55.8 Å². The average molecular weight is 374 g/mol. The number of hydrogen-bond donors (Lipinski definition) is 0. The van der Waals surface area contributed by atoms with E-state index in [4.69, 9.17) is 21.1 Å². The third-order valence-corrected chi connectivity index (χ3v) is 7.53. The summed E-state index contributed by atoms with van der Waals surface area (Å²) in [6.07, 6.45) is 5.12. The van der Waals surface area contributed by atoms with Crippen LogP contribution in [0, 0.1) is 5.41 Å². The second kappa shape index (κ2) is 6.83. The average Bonchev–Trinajstić information content (AvgIpc) is 2.96. The van der Waals surface area contributed by atoms with Crippen molar-refractivity contribution in [2.75, 3.05) is 27.3 Å². The molecule has 0 aromatic heterocycles. The number of hydrogen-bond acceptors (Lipinski definition) is 4. The van der Waals surface area contributed by atoms with Crippen LogP contribution in [-0.4, -0.2) is 46.1 Å². The quantitative estimate of drug-likeness (QED) is 0.812. The monoisotopic (exact) mass is 373 g/mol. The molecule has 1 saturated heterocycles. The maximum Gasteiger partial charge on any atom is 0.246 e. The van der Waals surface area contributed by atoms with Crippen LogP contribution in [0.1, 0.15) is 32.1 Å². The minimum atomic E-state index is -3.65. The maximum atomic E-state index is 13.2. The summed E-state index contributed by atoms with van der Waals surface area (Å²) >= 11 is 6.03. The molecule has 134 valence electrons. The SMILES string of the molecule is COc1ccc(Cl)cc1S(=O)(=O)N1CCC[C@]2(CCC[C@H]2OC)C1. The Morgan fingerprint density at radius 2 is 2.00 bits per heavy atom. The Morgan fingerprint density at radius 1 is 1.25 bits per heavy atom. The number of piperidine rings is 1. The molecule has 1 aliphatic heterocycles. The first-order valence-corrected chi connectivity index (χ1v) is 10.1. The number of benzene rings is 1. The maximum absolute atomic E-state index is 13.2. The molecule has 0 unspecified atom stereocenters. The summed E-state index contributed by atoms with van der Waals surface area (Å²) in [7, 11) is -0.457. The molecular weight excluding hydrogens is 350 g/mol. The van der Waals surface area contributed by atoms with E-state index in [0.717, 1.165) is 32.1 Å². The van der Waals surface area contributed by atoms with E-state index in [0.29, 0.717) is 23.9 Å². The summed E-state index contributed by atoms with van der Waals surface area (Å²) in [5.41, 5.74) is -0.0636. The molecule has 1 saturated carbocycles. The Balaban J connectivity index is 1.94. The first-order valence-electron chi connectivity index (χ1n) is 8.29. The predicted molar refractivity (Wildman–Crippen MR) is 93.1 cm³/mol. The van der Waals surface area contributed by atoms with E-state index >= 15 is 0 Å². The Kier molecular flexibility index (Phi) is 5.12. The molecule has 2 fully saturated rings. The van der Waals surface area contributed by atoms with Crippen molar-refractivity contribution < 1.29 is 17.9 Å². The third-order valence-electron chi connectivity index (χ3n) is 5.43. The van der Waals surface area contributed by atoms with Gasteiger partial charge in [0.2, 0.25) is 10.0 Å². The second-order valence-corrected chi connectivity index (χ2v) is 9.06. The second-order valence-electron chi connectivity index (χ2n) is 6.72. The van der Waals surface area contributed by atoms with Gasteiger partial charge >= 0.3 is 0 Å². The number of ether oxygens (including phenoxy) is 2. The Labute approximate surface area is 148 Å². The van der Waals surface area contributed by atoms with Crippen molar-refractivity contribution in [1.29, 1.82) is 0 Å². The fourth-order valence-corrected chi connectivity index (χ4v) is 6.25. The lowest BCUT2D eigenvalue weighted by Gasteiger charge is -2.43. The molecule has 24 heavy (non-hydrogen) atoms. The highest BCUT2D eigenvalue weighted by Gasteiger charge is 2.48. The van der Waals surface area contributed by atoms with Crippen molar-refractivity contribution in [2.45, 2.75) is 43.1 Å². The van der Waals surface area contributed by atoms with Crippen molar-refractivity contribution in [3.63, 3.8) is 0 Å². The molecule has 1 aromatic carbocycles. The summed E-state index contributed by atoms with van der Waals surface area (Å²) in [6.45, 7) is 1.03. The van der Waals surface area contributed by atoms with Crippen molar-refractivity contribution in [3.8, 4) is 5.75 Å². The summed E-state index contributed by atoms with van der Waals surface area (Å²) in [5.74, 6) is 0.328. The van der Waals surface area contributed by atoms with Gasteiger partial charge in [-0.05, 0) is 43.9 Å². The highest BCUT2D eigenvalue weighted by Crippen LogP contribution is 2.47. The summed E-state index contributed by atoms with van der Waals surface area (Å²) in [5, 5.41) is 0.386. The van der Waals surface area contributed by atoms with E-state index in [-0.39, 0.29) is 16.4 Å². The molecule has 2 atom stereocenters. The Morgan fingerprint density at radius 3 is 2.71 bits per heavy atom. The molecule has 1 aromatic rings. The van der Waals surface area contributed by atoms with E-state index < -0.39 is 10.0 Å². The lowest BCUT2D eigenvalue weighted by Crippen LogP contribution is -2.49. The van der Waals surface area contributed by atoms with Gasteiger partial charge in [-0.2, -0.15) is 4.31 Å². The molecule has 1 spiro atoms. The van der Waals surface area contributed by atoms with Crippen LogP contribution in [0.15, 0.2) is 23.1 Å². The van der Waals surface area contributed by atoms with Gasteiger partial charge in [0.1, 0.15) is 10.6 Å². The Hall–Kier alpha value is -0.820. The van der Waals surface area contributed by atoms with Crippen LogP contribution >= 0.6 is 11.6 Å². The number of halogens is 1. The highest BCUT2D eigenvalue weighted by atomic mass is 35.5. The first kappa shape index (κ1) is 18.0. The summed E-state index contributed by atoms with van der Waals surface area (Å²) in [6, 6.07) is 4.71. The molecule has 1 aliphatic carbocycles. The first-order chi connectivity index (χ1) is 11.4. The molecule has 7 heteroatoms. The van der Waals surface area contributed by atoms with E-state index in [1.807, 2.05) is 0 Å². The van der Waals surface area contributed by atoms with Gasteiger partial charge in [-0.1, -0.05) is 18.0 Å². The lowest BCUT2D eigenvalue weighted by molar-refractivity contribution is -0.0185. The molecule has 0 radical (unpaired) electrons. The minimum Gasteiger partial charge on any atom is -0.495 e. The number of sulfonamides is 1. The van der Waals surface area contributed by atoms with Crippen LogP contribution in [0.4, 0.5) is 0 Å². The van der Waals surface area contributed by atoms with Crippen molar-refractivity contribution in [1.82, 2.24) is 4.31 Å². The van der Waals surface area contributed by atoms with E-state index in [1.54, 1.807) is 23.5 Å². The van der Waals surface area contributed by atoms with E-state index in [2.05, 4.69) is 0 Å². The van der Waals surface area contributed by atoms with Gasteiger partial charge in [-0.3, -0.25) is 0 Å². The van der Waals surface area contributed by atoms with E-state index in [1.165, 1.54) is 13.2 Å². The van der Waals surface area contributed by atoms with Crippen LogP contribution in [0.3, 0.4) is 0 Å². The zero-order chi connectivity index (χ0) is 17.4. The molecule has 0 amide bonds. The molecule has 2 aliphatic rings. The van der Waals surface area contributed by atoms with Crippen molar-refractivity contribution >= 4 is 21.6 Å². The molecular formula is C17H24ClNO4S. The normalized spacial score (nSPS) is 28.4. The molecule has 5 nitrogen and oxygen atoms in total. The predicted octanol–water partition coefficient (Wildman–Crippen LogP) is 3.32. The number of methoxy groups -OCH3 is 2. The minimum absolute atomic E-state index is 0.0636. The van der Waals surface area contributed by atoms with Gasteiger partial charge in [0, 0.05) is 30.6 Å². The van der Waals surface area contributed by atoms with Gasteiger partial charge in [0.25, 0.3) is 0 Å². The van der Waals surface area contributed by atoms with Crippen molar-refractivity contribution in [2.24, 2.45) is 5.41 Å². The van der Waals surface area contributed by atoms with Gasteiger partial charge in [-0.15, -0.1) is 0 Å². The lowest BCUT2D eigenvalue weighted by atomic mass is 9.77. The standard InChI is InChI=1S/C17H24ClNO4S/c1-22-14-7-6-13(18)11-15(14)24(20,21)19-10-4-9-17(12-19)8-3-5-16(17)23-2/h6-7,11,16H,3-5,8-10,12H2,1-2H3/t16-,17-/m1/s1. The fraction of sp³-hybridized carbons (Fsp3) is 0.647. The van der Waals surface area contributed by atoms with Gasteiger partial charge in [0.05, 0.1) is 13.2 Å². The molecule has 0 bridgehead atoms. The zero-order valence-electron chi connectivity index (χ0n) is 14.1. The van der Waals surface area contributed by atoms with Crippen LogP contribution in [0.5, 0.6) is 5.75 Å². The largest absolute Gasteiger partial charge is 0.495 e. The number of nitrogens with zero attached hydrogens (tertiary/aromatic N) is 1. The smallest absolute Gasteiger partial charge is 0.246 e. The summed E-state index contributed by atoms with van der Waals surface area (Å²) in [4.78, 5) is 0.140.